The average Bonchev–Trinajstić information content (AvgIpc) is 3.22. The largest absolute Gasteiger partial charge is 0.490 e. The van der Waals surface area contributed by atoms with Crippen molar-refractivity contribution < 1.29 is 40.6 Å². The van der Waals surface area contributed by atoms with Crippen molar-refractivity contribution in [3.05, 3.63) is 24.2 Å². The van der Waals surface area contributed by atoms with E-state index in [1.165, 1.54) is 0 Å². The SMILES string of the molecule is CCS(=O)(=O)N1CCOCC2(CCN(Cc3ccco3)C2)C1.O=C(O)C(F)(F)F. The zero-order valence-electron chi connectivity index (χ0n) is 16.0. The molecular formula is C17H25F3N2O6S. The Labute approximate surface area is 167 Å². The number of hydrogen-bond donors (Lipinski definition) is 1. The lowest BCUT2D eigenvalue weighted by molar-refractivity contribution is -0.192. The molecule has 1 aromatic heterocycles. The van der Waals surface area contributed by atoms with Crippen molar-refractivity contribution in [3.8, 4) is 0 Å². The lowest BCUT2D eigenvalue weighted by Gasteiger charge is -2.31. The summed E-state index contributed by atoms with van der Waals surface area (Å²) in [5.41, 5.74) is -0.0919. The van der Waals surface area contributed by atoms with E-state index in [1.54, 1.807) is 17.5 Å². The molecule has 0 radical (unpaired) electrons. The fraction of sp³-hybridized carbons (Fsp3) is 0.706. The summed E-state index contributed by atoms with van der Waals surface area (Å²) in [5.74, 6) is -1.66. The van der Waals surface area contributed by atoms with Crippen molar-refractivity contribution in [2.75, 3.05) is 45.1 Å². The summed E-state index contributed by atoms with van der Waals surface area (Å²) >= 11 is 0. The molecule has 0 aromatic carbocycles. The summed E-state index contributed by atoms with van der Waals surface area (Å²) in [6.07, 6.45) is -2.44. The van der Waals surface area contributed by atoms with Gasteiger partial charge in [0.2, 0.25) is 10.0 Å². The Morgan fingerprint density at radius 3 is 2.55 bits per heavy atom. The van der Waals surface area contributed by atoms with E-state index >= 15 is 0 Å². The van der Waals surface area contributed by atoms with E-state index in [-0.39, 0.29) is 11.2 Å². The third kappa shape index (κ3) is 6.69. The van der Waals surface area contributed by atoms with Crippen LogP contribution in [0.2, 0.25) is 0 Å². The zero-order chi connectivity index (χ0) is 21.7. The van der Waals surface area contributed by atoms with Gasteiger partial charge in [-0.25, -0.2) is 13.2 Å². The molecule has 1 aromatic rings. The van der Waals surface area contributed by atoms with Crippen LogP contribution in [-0.2, 0) is 26.1 Å². The molecular weight excluding hydrogens is 417 g/mol. The van der Waals surface area contributed by atoms with E-state index in [1.807, 2.05) is 12.1 Å². The van der Waals surface area contributed by atoms with Crippen LogP contribution in [0.4, 0.5) is 13.2 Å². The molecule has 2 fully saturated rings. The molecule has 1 unspecified atom stereocenters. The number of carboxylic acids is 1. The Bertz CT molecular complexity index is 769. The van der Waals surface area contributed by atoms with Crippen molar-refractivity contribution in [2.45, 2.75) is 26.1 Å². The maximum Gasteiger partial charge on any atom is 0.490 e. The van der Waals surface area contributed by atoms with E-state index < -0.39 is 22.2 Å². The van der Waals surface area contributed by atoms with Gasteiger partial charge in [0.05, 0.1) is 31.8 Å². The van der Waals surface area contributed by atoms with E-state index in [0.717, 1.165) is 31.8 Å². The Hall–Kier alpha value is -1.63. The lowest BCUT2D eigenvalue weighted by Crippen LogP contribution is -2.43. The van der Waals surface area contributed by atoms with E-state index in [0.29, 0.717) is 26.3 Å². The van der Waals surface area contributed by atoms with Crippen molar-refractivity contribution in [1.29, 1.82) is 0 Å². The minimum atomic E-state index is -5.08. The molecule has 3 rings (SSSR count). The quantitative estimate of drug-likeness (QED) is 0.759. The summed E-state index contributed by atoms with van der Waals surface area (Å²) in [4.78, 5) is 11.2. The predicted molar refractivity (Wildman–Crippen MR) is 96.6 cm³/mol. The summed E-state index contributed by atoms with van der Waals surface area (Å²) in [6.45, 7) is 6.43. The van der Waals surface area contributed by atoms with Gasteiger partial charge in [-0.05, 0) is 32.0 Å². The van der Waals surface area contributed by atoms with Gasteiger partial charge in [0.1, 0.15) is 5.76 Å². The molecule has 2 aliphatic rings. The zero-order valence-corrected chi connectivity index (χ0v) is 16.8. The van der Waals surface area contributed by atoms with Gasteiger partial charge in [0.25, 0.3) is 0 Å². The van der Waals surface area contributed by atoms with Crippen LogP contribution in [-0.4, -0.2) is 80.0 Å². The Balaban J connectivity index is 0.000000370. The van der Waals surface area contributed by atoms with Crippen LogP contribution >= 0.6 is 0 Å². The van der Waals surface area contributed by atoms with Gasteiger partial charge in [0.15, 0.2) is 0 Å². The van der Waals surface area contributed by atoms with Crippen LogP contribution in [0.25, 0.3) is 0 Å². The number of furan rings is 1. The number of sulfonamides is 1. The molecule has 29 heavy (non-hydrogen) atoms. The van der Waals surface area contributed by atoms with Crippen molar-refractivity contribution in [3.63, 3.8) is 0 Å². The van der Waals surface area contributed by atoms with Crippen molar-refractivity contribution in [1.82, 2.24) is 9.21 Å². The Morgan fingerprint density at radius 1 is 1.31 bits per heavy atom. The van der Waals surface area contributed by atoms with Crippen LogP contribution < -0.4 is 0 Å². The van der Waals surface area contributed by atoms with Gasteiger partial charge in [-0.15, -0.1) is 0 Å². The molecule has 0 bridgehead atoms. The highest BCUT2D eigenvalue weighted by Crippen LogP contribution is 2.35. The van der Waals surface area contributed by atoms with Gasteiger partial charge in [0, 0.05) is 25.0 Å². The van der Waals surface area contributed by atoms with Crippen LogP contribution in [0.15, 0.2) is 22.8 Å². The molecule has 1 atom stereocenters. The second-order valence-corrected chi connectivity index (χ2v) is 9.39. The Morgan fingerprint density at radius 2 is 2.00 bits per heavy atom. The minimum Gasteiger partial charge on any atom is -0.475 e. The number of alkyl halides is 3. The van der Waals surface area contributed by atoms with Crippen LogP contribution in [0, 0.1) is 5.41 Å². The molecule has 12 heteroatoms. The smallest absolute Gasteiger partial charge is 0.475 e. The first kappa shape index (κ1) is 23.6. The summed E-state index contributed by atoms with van der Waals surface area (Å²) in [6, 6.07) is 3.87. The Kier molecular flexibility index (Phi) is 7.71. The fourth-order valence-corrected chi connectivity index (χ4v) is 4.59. The second-order valence-electron chi connectivity index (χ2n) is 7.13. The predicted octanol–water partition coefficient (Wildman–Crippen LogP) is 1.79. The minimum absolute atomic E-state index is 0.0919. The topological polar surface area (TPSA) is 100 Å². The number of rotatable bonds is 4. The molecule has 0 saturated carbocycles. The highest BCUT2D eigenvalue weighted by molar-refractivity contribution is 7.89. The highest BCUT2D eigenvalue weighted by Gasteiger charge is 2.43. The third-order valence-electron chi connectivity index (χ3n) is 4.88. The molecule has 0 amide bonds. The van der Waals surface area contributed by atoms with Gasteiger partial charge < -0.3 is 14.3 Å². The summed E-state index contributed by atoms with van der Waals surface area (Å²) in [5, 5.41) is 7.12. The standard InChI is InChI=1S/C15H24N2O4S.C2HF3O2/c1-2-22(18,19)17-7-9-20-13-15(12-17)5-6-16(11-15)10-14-4-3-8-21-14;3-2(4,5)1(6)7/h3-4,8H,2,5-7,9-13H2,1H3;(H,6,7). The number of ether oxygens (including phenoxy) is 1. The number of hydrogen-bond acceptors (Lipinski definition) is 6. The molecule has 166 valence electrons. The molecule has 2 aliphatic heterocycles. The highest BCUT2D eigenvalue weighted by atomic mass is 32.2. The molecule has 8 nitrogen and oxygen atoms in total. The monoisotopic (exact) mass is 442 g/mol. The van der Waals surface area contributed by atoms with Gasteiger partial charge in [-0.2, -0.15) is 17.5 Å². The van der Waals surface area contributed by atoms with Crippen molar-refractivity contribution in [2.24, 2.45) is 5.41 Å². The van der Waals surface area contributed by atoms with Crippen molar-refractivity contribution >= 4 is 16.0 Å². The maximum absolute atomic E-state index is 12.2. The lowest BCUT2D eigenvalue weighted by atomic mass is 9.88. The number of halogens is 3. The average molecular weight is 442 g/mol. The molecule has 2 saturated heterocycles. The number of carbonyl (C=O) groups is 1. The number of aliphatic carboxylic acids is 1. The fourth-order valence-electron chi connectivity index (χ4n) is 3.41. The van der Waals surface area contributed by atoms with Gasteiger partial charge in [-0.1, -0.05) is 0 Å². The number of carboxylic acid groups (broad SMARTS) is 1. The van der Waals surface area contributed by atoms with E-state index in [4.69, 9.17) is 19.1 Å². The van der Waals surface area contributed by atoms with Crippen LogP contribution in [0.1, 0.15) is 19.1 Å². The molecule has 3 heterocycles. The molecule has 1 N–H and O–H groups in total. The van der Waals surface area contributed by atoms with Gasteiger partial charge >= 0.3 is 12.1 Å². The summed E-state index contributed by atoms with van der Waals surface area (Å²) < 4.78 is 68.9. The number of nitrogens with zero attached hydrogens (tertiary/aromatic N) is 2. The normalized spacial score (nSPS) is 24.1. The third-order valence-corrected chi connectivity index (χ3v) is 6.71. The second kappa shape index (κ2) is 9.45. The first-order valence-corrected chi connectivity index (χ1v) is 10.7. The number of likely N-dealkylation sites (tertiary alicyclic amines) is 1. The maximum atomic E-state index is 12.2. The summed E-state index contributed by atoms with van der Waals surface area (Å²) in [7, 11) is -3.16. The van der Waals surface area contributed by atoms with Gasteiger partial charge in [-0.3, -0.25) is 4.90 Å². The van der Waals surface area contributed by atoms with Crippen LogP contribution in [0.5, 0.6) is 0 Å². The van der Waals surface area contributed by atoms with E-state index in [2.05, 4.69) is 4.90 Å². The first-order valence-electron chi connectivity index (χ1n) is 9.08. The molecule has 0 aliphatic carbocycles. The van der Waals surface area contributed by atoms with Crippen LogP contribution in [0.3, 0.4) is 0 Å². The molecule has 1 spiro atoms. The first-order chi connectivity index (χ1) is 13.5. The van der Waals surface area contributed by atoms with E-state index in [9.17, 15) is 21.6 Å².